The van der Waals surface area contributed by atoms with E-state index < -0.39 is 97.5 Å². The van der Waals surface area contributed by atoms with Crippen LogP contribution in [0, 0.1) is 23.7 Å². The second kappa shape index (κ2) is 59.8. The summed E-state index contributed by atoms with van der Waals surface area (Å²) in [6.45, 7) is 14.0. The number of phosphoric acid groups is 2. The highest BCUT2D eigenvalue weighted by Crippen LogP contribution is 2.45. The van der Waals surface area contributed by atoms with E-state index in [1.54, 1.807) is 0 Å². The maximum Gasteiger partial charge on any atom is 0.472 e. The van der Waals surface area contributed by atoms with Gasteiger partial charge in [-0.1, -0.05) is 293 Å². The minimum Gasteiger partial charge on any atom is -0.462 e. The number of hydrogen-bond donors (Lipinski definition) is 3. The van der Waals surface area contributed by atoms with Gasteiger partial charge in [-0.15, -0.1) is 0 Å². The molecular formula is C70H136O17P2. The van der Waals surface area contributed by atoms with Gasteiger partial charge in [0, 0.05) is 25.7 Å². The van der Waals surface area contributed by atoms with Gasteiger partial charge in [0.1, 0.15) is 19.3 Å². The van der Waals surface area contributed by atoms with Gasteiger partial charge in [-0.25, -0.2) is 9.13 Å². The maximum atomic E-state index is 13.0. The number of ether oxygens (including phenoxy) is 4. The molecule has 0 aliphatic heterocycles. The topological polar surface area (TPSA) is 237 Å². The van der Waals surface area contributed by atoms with Gasteiger partial charge in [0.15, 0.2) is 12.2 Å². The SMILES string of the molecule is CC(C)CCCCCCCCCCCCCCCCCC(=O)O[C@H](COC(=O)CCCCCCCCCC(C)C)COP(=O)(O)OC[C@@H](O)COP(=O)(O)OC[C@@H](COC(=O)CCCCCCCCC(C)C)OC(=O)CCCCCCCCCCCC(C)C. The van der Waals surface area contributed by atoms with E-state index in [4.69, 9.17) is 37.0 Å². The van der Waals surface area contributed by atoms with Crippen molar-refractivity contribution in [3.05, 3.63) is 0 Å². The van der Waals surface area contributed by atoms with Crippen LogP contribution in [-0.2, 0) is 65.4 Å². The van der Waals surface area contributed by atoms with Gasteiger partial charge in [0.05, 0.1) is 26.4 Å². The molecule has 17 nitrogen and oxygen atoms in total. The molecule has 0 radical (unpaired) electrons. The van der Waals surface area contributed by atoms with Crippen LogP contribution in [0.2, 0.25) is 0 Å². The molecule has 0 aromatic rings. The molecule has 0 amide bonds. The number of aliphatic hydroxyl groups is 1. The number of esters is 4. The molecule has 0 rings (SSSR count). The van der Waals surface area contributed by atoms with Gasteiger partial charge in [-0.2, -0.15) is 0 Å². The van der Waals surface area contributed by atoms with Crippen molar-refractivity contribution in [3.8, 4) is 0 Å². The van der Waals surface area contributed by atoms with Gasteiger partial charge in [-0.3, -0.25) is 37.3 Å². The van der Waals surface area contributed by atoms with E-state index in [1.807, 2.05) is 0 Å². The van der Waals surface area contributed by atoms with E-state index in [-0.39, 0.29) is 25.7 Å². The highest BCUT2D eigenvalue weighted by molar-refractivity contribution is 7.47. The quantitative estimate of drug-likeness (QED) is 0.0222. The van der Waals surface area contributed by atoms with E-state index in [2.05, 4.69) is 55.4 Å². The first-order valence-corrected chi connectivity index (χ1v) is 39.2. The zero-order valence-electron chi connectivity index (χ0n) is 58.1. The van der Waals surface area contributed by atoms with E-state index >= 15 is 0 Å². The van der Waals surface area contributed by atoms with Crippen molar-refractivity contribution in [2.24, 2.45) is 23.7 Å². The molecule has 89 heavy (non-hydrogen) atoms. The van der Waals surface area contributed by atoms with Crippen LogP contribution in [0.4, 0.5) is 0 Å². The predicted molar refractivity (Wildman–Crippen MR) is 358 cm³/mol. The number of carbonyl (C=O) groups is 4. The predicted octanol–water partition coefficient (Wildman–Crippen LogP) is 19.7. The molecule has 0 aliphatic rings. The third-order valence-electron chi connectivity index (χ3n) is 16.1. The van der Waals surface area contributed by atoms with Crippen LogP contribution in [-0.4, -0.2) is 96.7 Å². The van der Waals surface area contributed by atoms with Crippen molar-refractivity contribution in [3.63, 3.8) is 0 Å². The van der Waals surface area contributed by atoms with Gasteiger partial charge in [0.25, 0.3) is 0 Å². The lowest BCUT2D eigenvalue weighted by atomic mass is 10.0. The molecule has 0 aliphatic carbocycles. The van der Waals surface area contributed by atoms with Crippen molar-refractivity contribution in [1.82, 2.24) is 0 Å². The molecule has 0 spiro atoms. The largest absolute Gasteiger partial charge is 0.472 e. The Labute approximate surface area is 543 Å². The Bertz CT molecular complexity index is 1760. The molecule has 19 heteroatoms. The highest BCUT2D eigenvalue weighted by Gasteiger charge is 2.30. The first-order valence-electron chi connectivity index (χ1n) is 36.2. The minimum absolute atomic E-state index is 0.104. The third-order valence-corrected chi connectivity index (χ3v) is 18.0. The Morgan fingerprint density at radius 3 is 0.697 bits per heavy atom. The minimum atomic E-state index is -4.95. The fraction of sp³-hybridized carbons (Fsp3) is 0.943. The van der Waals surface area contributed by atoms with E-state index in [0.29, 0.717) is 37.5 Å². The molecule has 0 aromatic carbocycles. The smallest absolute Gasteiger partial charge is 0.462 e. The van der Waals surface area contributed by atoms with Crippen LogP contribution in [0.3, 0.4) is 0 Å². The lowest BCUT2D eigenvalue weighted by Crippen LogP contribution is -2.30. The van der Waals surface area contributed by atoms with Crippen molar-refractivity contribution in [2.45, 2.75) is 363 Å². The number of carbonyl (C=O) groups excluding carboxylic acids is 4. The van der Waals surface area contributed by atoms with Crippen molar-refractivity contribution < 1.29 is 80.2 Å². The molecule has 0 bridgehead atoms. The summed E-state index contributed by atoms with van der Waals surface area (Å²) in [5, 5.41) is 10.6. The van der Waals surface area contributed by atoms with Crippen molar-refractivity contribution in [1.29, 1.82) is 0 Å². The summed E-state index contributed by atoms with van der Waals surface area (Å²) in [6, 6.07) is 0. The van der Waals surface area contributed by atoms with Crippen LogP contribution in [0.25, 0.3) is 0 Å². The third kappa shape index (κ3) is 64.6. The summed E-state index contributed by atoms with van der Waals surface area (Å²) in [5.74, 6) is 0.791. The second-order valence-corrected chi connectivity index (χ2v) is 30.1. The van der Waals surface area contributed by atoms with Crippen LogP contribution in [0.1, 0.15) is 344 Å². The first kappa shape index (κ1) is 87.1. The summed E-state index contributed by atoms with van der Waals surface area (Å²) in [5.41, 5.74) is 0. The summed E-state index contributed by atoms with van der Waals surface area (Å²) in [6.07, 6.45) is 42.0. The molecule has 0 heterocycles. The maximum absolute atomic E-state index is 13.0. The summed E-state index contributed by atoms with van der Waals surface area (Å²) in [4.78, 5) is 72.4. The fourth-order valence-corrected chi connectivity index (χ4v) is 12.1. The molecule has 3 N–H and O–H groups in total. The molecule has 0 fully saturated rings. The zero-order chi connectivity index (χ0) is 66.1. The Kier molecular flexibility index (Phi) is 58.5. The van der Waals surface area contributed by atoms with Crippen LogP contribution in [0.15, 0.2) is 0 Å². The van der Waals surface area contributed by atoms with E-state index in [9.17, 15) is 43.2 Å². The summed E-state index contributed by atoms with van der Waals surface area (Å²) in [7, 11) is -9.90. The standard InChI is InChI=1S/C70H136O17P2/c1-60(2)46-38-30-22-17-14-12-10-9-11-13-15-19-25-36-44-52-69(74)86-65(56-80-67(72)50-42-34-27-21-24-32-40-48-62(5)6)58-84-88(76,77)82-54-64(71)55-83-89(78,79)85-59-66(57-81-68(73)51-43-35-29-28-33-41-49-63(7)8)87-70(75)53-45-37-26-20-16-18-23-31-39-47-61(3)4/h60-66,71H,9-59H2,1-8H3,(H,76,77)(H,78,79)/t64-,65-,66-/m1/s1. The zero-order valence-corrected chi connectivity index (χ0v) is 59.8. The van der Waals surface area contributed by atoms with E-state index in [0.717, 1.165) is 115 Å². The van der Waals surface area contributed by atoms with Crippen molar-refractivity contribution >= 4 is 39.5 Å². The molecule has 528 valence electrons. The lowest BCUT2D eigenvalue weighted by molar-refractivity contribution is -0.161. The molecule has 0 aromatic heterocycles. The molecular weight excluding hydrogens is 1170 g/mol. The number of rotatable bonds is 67. The Balaban J connectivity index is 5.21. The summed E-state index contributed by atoms with van der Waals surface area (Å²) >= 11 is 0. The lowest BCUT2D eigenvalue weighted by Gasteiger charge is -2.21. The second-order valence-electron chi connectivity index (χ2n) is 27.2. The van der Waals surface area contributed by atoms with Gasteiger partial charge in [-0.05, 0) is 49.4 Å². The number of hydrogen-bond acceptors (Lipinski definition) is 15. The van der Waals surface area contributed by atoms with Crippen LogP contribution in [0.5, 0.6) is 0 Å². The van der Waals surface area contributed by atoms with Crippen LogP contribution < -0.4 is 0 Å². The Morgan fingerprint density at radius 1 is 0.281 bits per heavy atom. The van der Waals surface area contributed by atoms with Gasteiger partial charge < -0.3 is 33.8 Å². The Hall–Kier alpha value is -1.94. The number of phosphoric ester groups is 2. The number of aliphatic hydroxyl groups excluding tert-OH is 1. The Morgan fingerprint density at radius 2 is 0.472 bits per heavy atom. The molecule has 0 saturated carbocycles. The molecule has 5 atom stereocenters. The normalized spacial score (nSPS) is 14.3. The molecule has 0 saturated heterocycles. The highest BCUT2D eigenvalue weighted by atomic mass is 31.2. The van der Waals surface area contributed by atoms with Gasteiger partial charge in [0.2, 0.25) is 0 Å². The summed E-state index contributed by atoms with van der Waals surface area (Å²) < 4.78 is 68.2. The van der Waals surface area contributed by atoms with Gasteiger partial charge >= 0.3 is 39.5 Å². The van der Waals surface area contributed by atoms with Crippen LogP contribution >= 0.6 is 15.6 Å². The fourth-order valence-electron chi connectivity index (χ4n) is 10.5. The van der Waals surface area contributed by atoms with Crippen molar-refractivity contribution in [2.75, 3.05) is 39.6 Å². The monoisotopic (exact) mass is 1310 g/mol. The average molecular weight is 1310 g/mol. The number of unbranched alkanes of at least 4 members (excludes halogenated alkanes) is 33. The van der Waals surface area contributed by atoms with E-state index in [1.165, 1.54) is 135 Å². The first-order chi connectivity index (χ1) is 42.6. The average Bonchev–Trinajstić information content (AvgIpc) is 3.63. The molecule has 2 unspecified atom stereocenters.